The molecule has 3 nitrogen and oxygen atoms in total. The quantitative estimate of drug-likeness (QED) is 0.689. The van der Waals surface area contributed by atoms with Gasteiger partial charge in [-0.05, 0) is 42.5 Å². The van der Waals surface area contributed by atoms with Crippen LogP contribution in [0.3, 0.4) is 0 Å². The van der Waals surface area contributed by atoms with Crippen LogP contribution in [0.1, 0.15) is 0 Å². The number of hydrogen-bond donors (Lipinski definition) is 2. The summed E-state index contributed by atoms with van der Waals surface area (Å²) in [7, 11) is 0. The fourth-order valence-electron chi connectivity index (χ4n) is 2.07. The van der Waals surface area contributed by atoms with Crippen LogP contribution in [-0.2, 0) is 0 Å². The first-order chi connectivity index (χ1) is 9.63. The van der Waals surface area contributed by atoms with E-state index in [4.69, 9.17) is 17.3 Å². The number of rotatable bonds is 2. The Bertz CT molecular complexity index is 769. The standard InChI is InChI=1S/C15H11ClFN3/c16-9-6-10(17)8-11(7-9)20-14-4-3-13-12(15(14)18)2-1-5-19-13/h1-8,20H,18H2. The minimum atomic E-state index is -0.402. The van der Waals surface area contributed by atoms with Gasteiger partial charge < -0.3 is 11.1 Å². The van der Waals surface area contributed by atoms with Gasteiger partial charge in [0, 0.05) is 22.3 Å². The molecule has 20 heavy (non-hydrogen) atoms. The van der Waals surface area contributed by atoms with Gasteiger partial charge in [-0.25, -0.2) is 4.39 Å². The molecule has 100 valence electrons. The van der Waals surface area contributed by atoms with E-state index in [0.29, 0.717) is 22.1 Å². The van der Waals surface area contributed by atoms with E-state index in [-0.39, 0.29) is 0 Å². The topological polar surface area (TPSA) is 50.9 Å². The maximum absolute atomic E-state index is 13.3. The number of fused-ring (bicyclic) bond motifs is 1. The third-order valence-electron chi connectivity index (χ3n) is 2.97. The highest BCUT2D eigenvalue weighted by molar-refractivity contribution is 6.30. The zero-order valence-electron chi connectivity index (χ0n) is 10.4. The van der Waals surface area contributed by atoms with Crippen molar-refractivity contribution in [2.75, 3.05) is 11.1 Å². The second-order valence-electron chi connectivity index (χ2n) is 4.38. The molecule has 0 saturated carbocycles. The van der Waals surface area contributed by atoms with Gasteiger partial charge in [-0.2, -0.15) is 0 Å². The largest absolute Gasteiger partial charge is 0.396 e. The Morgan fingerprint density at radius 1 is 1.15 bits per heavy atom. The number of hydrogen-bond acceptors (Lipinski definition) is 3. The molecule has 0 saturated heterocycles. The average Bonchev–Trinajstić information content (AvgIpc) is 2.41. The molecule has 0 aliphatic rings. The Balaban J connectivity index is 2.04. The summed E-state index contributed by atoms with van der Waals surface area (Å²) < 4.78 is 13.3. The highest BCUT2D eigenvalue weighted by Gasteiger charge is 2.06. The highest BCUT2D eigenvalue weighted by atomic mass is 35.5. The SMILES string of the molecule is Nc1c(Nc2cc(F)cc(Cl)c2)ccc2ncccc12. The third-order valence-corrected chi connectivity index (χ3v) is 3.19. The van der Waals surface area contributed by atoms with Crippen LogP contribution < -0.4 is 11.1 Å². The molecular formula is C15H11ClFN3. The number of nitrogen functional groups attached to an aromatic ring is 1. The molecule has 0 atom stereocenters. The van der Waals surface area contributed by atoms with E-state index in [9.17, 15) is 4.39 Å². The number of pyridine rings is 1. The Morgan fingerprint density at radius 3 is 2.80 bits per heavy atom. The van der Waals surface area contributed by atoms with Crippen LogP contribution >= 0.6 is 11.6 Å². The van der Waals surface area contributed by atoms with Crippen LogP contribution in [0.15, 0.2) is 48.7 Å². The van der Waals surface area contributed by atoms with Crippen LogP contribution in [0.4, 0.5) is 21.5 Å². The van der Waals surface area contributed by atoms with Crippen molar-refractivity contribution in [2.45, 2.75) is 0 Å². The molecule has 0 spiro atoms. The van der Waals surface area contributed by atoms with Crippen LogP contribution in [0, 0.1) is 5.82 Å². The summed E-state index contributed by atoms with van der Waals surface area (Å²) in [5.74, 6) is -0.402. The zero-order valence-corrected chi connectivity index (χ0v) is 11.2. The molecule has 3 aromatic rings. The fourth-order valence-corrected chi connectivity index (χ4v) is 2.29. The lowest BCUT2D eigenvalue weighted by molar-refractivity contribution is 0.628. The molecular weight excluding hydrogens is 277 g/mol. The molecule has 1 aromatic heterocycles. The maximum Gasteiger partial charge on any atom is 0.126 e. The summed E-state index contributed by atoms with van der Waals surface area (Å²) in [6, 6.07) is 11.6. The second kappa shape index (κ2) is 4.98. The molecule has 0 unspecified atom stereocenters. The van der Waals surface area contributed by atoms with Crippen LogP contribution in [0.25, 0.3) is 10.9 Å². The number of nitrogens with one attached hydrogen (secondary N) is 1. The van der Waals surface area contributed by atoms with Crippen LogP contribution in [-0.4, -0.2) is 4.98 Å². The van der Waals surface area contributed by atoms with Crippen molar-refractivity contribution in [3.05, 3.63) is 59.5 Å². The van der Waals surface area contributed by atoms with Gasteiger partial charge in [0.25, 0.3) is 0 Å². The number of halogens is 2. The summed E-state index contributed by atoms with van der Waals surface area (Å²) in [6.45, 7) is 0. The van der Waals surface area contributed by atoms with Gasteiger partial charge in [0.1, 0.15) is 5.82 Å². The lowest BCUT2D eigenvalue weighted by Gasteiger charge is -2.11. The lowest BCUT2D eigenvalue weighted by Crippen LogP contribution is -1.98. The first-order valence-electron chi connectivity index (χ1n) is 6.00. The van der Waals surface area contributed by atoms with E-state index in [1.165, 1.54) is 12.1 Å². The minimum Gasteiger partial charge on any atom is -0.396 e. The first kappa shape index (κ1) is 12.7. The van der Waals surface area contributed by atoms with Gasteiger partial charge in [0.15, 0.2) is 0 Å². The van der Waals surface area contributed by atoms with Gasteiger partial charge in [-0.1, -0.05) is 11.6 Å². The van der Waals surface area contributed by atoms with Crippen molar-refractivity contribution in [3.63, 3.8) is 0 Å². The van der Waals surface area contributed by atoms with E-state index >= 15 is 0 Å². The predicted octanol–water partition coefficient (Wildman–Crippen LogP) is 4.35. The van der Waals surface area contributed by atoms with Crippen molar-refractivity contribution in [2.24, 2.45) is 0 Å². The van der Waals surface area contributed by atoms with Crippen molar-refractivity contribution in [3.8, 4) is 0 Å². The third kappa shape index (κ3) is 2.38. The summed E-state index contributed by atoms with van der Waals surface area (Å²) in [5.41, 5.74) is 8.73. The monoisotopic (exact) mass is 287 g/mol. The highest BCUT2D eigenvalue weighted by Crippen LogP contribution is 2.30. The molecule has 1 heterocycles. The van der Waals surface area contributed by atoms with E-state index in [2.05, 4.69) is 10.3 Å². The van der Waals surface area contributed by atoms with Gasteiger partial charge >= 0.3 is 0 Å². The average molecular weight is 288 g/mol. The Kier molecular flexibility index (Phi) is 3.16. The minimum absolute atomic E-state index is 0.327. The van der Waals surface area contributed by atoms with E-state index < -0.39 is 5.82 Å². The van der Waals surface area contributed by atoms with Gasteiger partial charge in [-0.15, -0.1) is 0 Å². The summed E-state index contributed by atoms with van der Waals surface area (Å²) >= 11 is 5.83. The molecule has 0 fully saturated rings. The number of anilines is 3. The summed E-state index contributed by atoms with van der Waals surface area (Å²) in [4.78, 5) is 4.23. The molecule has 0 aliphatic carbocycles. The van der Waals surface area contributed by atoms with Crippen molar-refractivity contribution >= 4 is 39.6 Å². The Morgan fingerprint density at radius 2 is 2.00 bits per heavy atom. The van der Waals surface area contributed by atoms with Crippen LogP contribution in [0.5, 0.6) is 0 Å². The predicted molar refractivity (Wildman–Crippen MR) is 80.8 cm³/mol. The number of aromatic nitrogens is 1. The van der Waals surface area contributed by atoms with E-state index in [1.807, 2.05) is 24.3 Å². The van der Waals surface area contributed by atoms with Crippen molar-refractivity contribution in [1.82, 2.24) is 4.98 Å². The number of nitrogens with two attached hydrogens (primary N) is 1. The van der Waals surface area contributed by atoms with E-state index in [0.717, 1.165) is 10.9 Å². The van der Waals surface area contributed by atoms with Gasteiger partial charge in [0.2, 0.25) is 0 Å². The first-order valence-corrected chi connectivity index (χ1v) is 6.37. The maximum atomic E-state index is 13.3. The van der Waals surface area contributed by atoms with Gasteiger partial charge in [-0.3, -0.25) is 4.98 Å². The van der Waals surface area contributed by atoms with Crippen LogP contribution in [0.2, 0.25) is 5.02 Å². The normalized spacial score (nSPS) is 10.7. The van der Waals surface area contributed by atoms with E-state index in [1.54, 1.807) is 12.3 Å². The molecule has 0 amide bonds. The van der Waals surface area contributed by atoms with Gasteiger partial charge in [0.05, 0.1) is 16.9 Å². The summed E-state index contributed by atoms with van der Waals surface area (Å²) in [5, 5.41) is 4.24. The molecule has 0 aliphatic heterocycles. The number of nitrogens with zero attached hydrogens (tertiary/aromatic N) is 1. The molecule has 2 aromatic carbocycles. The molecule has 3 N–H and O–H groups in total. The molecule has 0 radical (unpaired) electrons. The second-order valence-corrected chi connectivity index (χ2v) is 4.82. The molecule has 5 heteroatoms. The smallest absolute Gasteiger partial charge is 0.126 e. The lowest BCUT2D eigenvalue weighted by atomic mass is 10.1. The zero-order chi connectivity index (χ0) is 14.1. The summed E-state index contributed by atoms with van der Waals surface area (Å²) in [6.07, 6.45) is 1.71. The molecule has 3 rings (SSSR count). The fraction of sp³-hybridized carbons (Fsp3) is 0. The van der Waals surface area contributed by atoms with Crippen molar-refractivity contribution in [1.29, 1.82) is 0 Å². The Hall–Kier alpha value is -2.33. The Labute approximate surface area is 120 Å². The number of benzene rings is 2. The molecule has 0 bridgehead atoms. The van der Waals surface area contributed by atoms with Crippen molar-refractivity contribution < 1.29 is 4.39 Å².